The third-order valence-electron chi connectivity index (χ3n) is 2.89. The average Bonchev–Trinajstić information content (AvgIpc) is 2.48. The molecule has 2 aromatic rings. The van der Waals surface area contributed by atoms with Crippen LogP contribution in [0.5, 0.6) is 5.75 Å². The molecule has 0 bridgehead atoms. The maximum absolute atomic E-state index is 12.4. The number of para-hydroxylation sites is 2. The van der Waals surface area contributed by atoms with Gasteiger partial charge < -0.3 is 15.4 Å². The second-order valence-corrected chi connectivity index (χ2v) is 4.96. The van der Waals surface area contributed by atoms with Gasteiger partial charge in [-0.05, 0) is 30.3 Å². The largest absolute Gasteiger partial charge is 0.496 e. The van der Waals surface area contributed by atoms with E-state index in [1.165, 1.54) is 20.1 Å². The molecule has 0 aromatic heterocycles. The molecule has 2 aromatic carbocycles. The van der Waals surface area contributed by atoms with E-state index in [2.05, 4.69) is 10.6 Å². The van der Waals surface area contributed by atoms with Gasteiger partial charge in [0.25, 0.3) is 5.91 Å². The number of halogens is 1. The lowest BCUT2D eigenvalue weighted by atomic mass is 10.1. The van der Waals surface area contributed by atoms with E-state index >= 15 is 0 Å². The first-order valence-electron chi connectivity index (χ1n) is 6.52. The van der Waals surface area contributed by atoms with Gasteiger partial charge in [0.15, 0.2) is 0 Å². The SMILES string of the molecule is COc1ccc(Cl)cc1C(=O)Nc1ccccc1NC(C)=O. The number of carbonyl (C=O) groups excluding carboxylic acids is 2. The molecule has 0 radical (unpaired) electrons. The highest BCUT2D eigenvalue weighted by Gasteiger charge is 2.14. The number of hydrogen-bond acceptors (Lipinski definition) is 3. The van der Waals surface area contributed by atoms with Gasteiger partial charge in [-0.3, -0.25) is 9.59 Å². The van der Waals surface area contributed by atoms with E-state index in [9.17, 15) is 9.59 Å². The quantitative estimate of drug-likeness (QED) is 0.905. The number of nitrogens with one attached hydrogen (secondary N) is 2. The molecule has 114 valence electrons. The predicted molar refractivity (Wildman–Crippen MR) is 86.7 cm³/mol. The van der Waals surface area contributed by atoms with Crippen LogP contribution in [0, 0.1) is 0 Å². The minimum absolute atomic E-state index is 0.220. The number of hydrogen-bond donors (Lipinski definition) is 2. The third kappa shape index (κ3) is 3.77. The van der Waals surface area contributed by atoms with Gasteiger partial charge in [-0.2, -0.15) is 0 Å². The molecule has 5 nitrogen and oxygen atoms in total. The first kappa shape index (κ1) is 15.9. The molecule has 0 aliphatic heterocycles. The molecular formula is C16H15ClN2O3. The molecule has 0 heterocycles. The van der Waals surface area contributed by atoms with Gasteiger partial charge in [0.1, 0.15) is 5.75 Å². The average molecular weight is 319 g/mol. The molecule has 0 aliphatic rings. The van der Waals surface area contributed by atoms with Crippen molar-refractivity contribution in [2.45, 2.75) is 6.92 Å². The Morgan fingerprint density at radius 1 is 1.05 bits per heavy atom. The van der Waals surface area contributed by atoms with Crippen LogP contribution in [0.3, 0.4) is 0 Å². The van der Waals surface area contributed by atoms with Crippen LogP contribution in [-0.4, -0.2) is 18.9 Å². The maximum Gasteiger partial charge on any atom is 0.259 e. The van der Waals surface area contributed by atoms with Gasteiger partial charge in [0.2, 0.25) is 5.91 Å². The van der Waals surface area contributed by atoms with Crippen LogP contribution >= 0.6 is 11.6 Å². The van der Waals surface area contributed by atoms with E-state index in [0.717, 1.165) is 0 Å². The van der Waals surface area contributed by atoms with Gasteiger partial charge in [-0.1, -0.05) is 23.7 Å². The molecule has 0 unspecified atom stereocenters. The number of benzene rings is 2. The van der Waals surface area contributed by atoms with Crippen molar-refractivity contribution < 1.29 is 14.3 Å². The van der Waals surface area contributed by atoms with Crippen molar-refractivity contribution in [3.63, 3.8) is 0 Å². The molecule has 0 saturated carbocycles. The Hall–Kier alpha value is -2.53. The second kappa shape index (κ2) is 6.95. The zero-order chi connectivity index (χ0) is 16.1. The zero-order valence-electron chi connectivity index (χ0n) is 12.1. The molecule has 2 N–H and O–H groups in total. The molecule has 0 atom stereocenters. The van der Waals surface area contributed by atoms with Gasteiger partial charge >= 0.3 is 0 Å². The highest BCUT2D eigenvalue weighted by molar-refractivity contribution is 6.31. The van der Waals surface area contributed by atoms with Crippen LogP contribution < -0.4 is 15.4 Å². The van der Waals surface area contributed by atoms with Crippen molar-refractivity contribution in [1.82, 2.24) is 0 Å². The lowest BCUT2D eigenvalue weighted by Gasteiger charge is -2.13. The number of amides is 2. The Bertz CT molecular complexity index is 716. The first-order valence-corrected chi connectivity index (χ1v) is 6.90. The van der Waals surface area contributed by atoms with E-state index in [-0.39, 0.29) is 11.8 Å². The molecule has 2 rings (SSSR count). The first-order chi connectivity index (χ1) is 10.5. The highest BCUT2D eigenvalue weighted by Crippen LogP contribution is 2.26. The fourth-order valence-corrected chi connectivity index (χ4v) is 2.11. The molecule has 6 heteroatoms. The van der Waals surface area contributed by atoms with E-state index < -0.39 is 0 Å². The van der Waals surface area contributed by atoms with Crippen LogP contribution in [-0.2, 0) is 4.79 Å². The van der Waals surface area contributed by atoms with Crippen molar-refractivity contribution in [3.05, 3.63) is 53.1 Å². The summed E-state index contributed by atoms with van der Waals surface area (Å²) in [4.78, 5) is 23.6. The normalized spacial score (nSPS) is 9.95. The monoisotopic (exact) mass is 318 g/mol. The summed E-state index contributed by atoms with van der Waals surface area (Å²) in [5.41, 5.74) is 1.32. The van der Waals surface area contributed by atoms with Crippen LogP contribution in [0.4, 0.5) is 11.4 Å². The fourth-order valence-electron chi connectivity index (χ4n) is 1.94. The van der Waals surface area contributed by atoms with Crippen molar-refractivity contribution in [2.75, 3.05) is 17.7 Å². The Balaban J connectivity index is 2.30. The fraction of sp³-hybridized carbons (Fsp3) is 0.125. The Morgan fingerprint density at radius 3 is 2.27 bits per heavy atom. The van der Waals surface area contributed by atoms with Crippen LogP contribution in [0.1, 0.15) is 17.3 Å². The zero-order valence-corrected chi connectivity index (χ0v) is 12.9. The van der Waals surface area contributed by atoms with Gasteiger partial charge in [0, 0.05) is 11.9 Å². The standard InChI is InChI=1S/C16H15ClN2O3/c1-10(20)18-13-5-3-4-6-14(13)19-16(21)12-9-11(17)7-8-15(12)22-2/h3-9H,1-2H3,(H,18,20)(H,19,21). The Labute approximate surface area is 133 Å². The maximum atomic E-state index is 12.4. The molecule has 22 heavy (non-hydrogen) atoms. The summed E-state index contributed by atoms with van der Waals surface area (Å²) < 4.78 is 5.16. The van der Waals surface area contributed by atoms with Gasteiger partial charge in [-0.15, -0.1) is 0 Å². The molecular weight excluding hydrogens is 304 g/mol. The van der Waals surface area contributed by atoms with Gasteiger partial charge in [0.05, 0.1) is 24.0 Å². The van der Waals surface area contributed by atoms with Crippen molar-refractivity contribution in [3.8, 4) is 5.75 Å². The topological polar surface area (TPSA) is 67.4 Å². The van der Waals surface area contributed by atoms with Gasteiger partial charge in [-0.25, -0.2) is 0 Å². The number of methoxy groups -OCH3 is 1. The summed E-state index contributed by atoms with van der Waals surface area (Å²) in [6.45, 7) is 1.40. The second-order valence-electron chi connectivity index (χ2n) is 4.53. The third-order valence-corrected chi connectivity index (χ3v) is 3.13. The number of rotatable bonds is 4. The molecule has 0 aliphatic carbocycles. The summed E-state index contributed by atoms with van der Waals surface area (Å²) in [6.07, 6.45) is 0. The summed E-state index contributed by atoms with van der Waals surface area (Å²) >= 11 is 5.93. The summed E-state index contributed by atoms with van der Waals surface area (Å²) in [7, 11) is 1.48. The van der Waals surface area contributed by atoms with Crippen molar-refractivity contribution >= 4 is 34.8 Å². The number of ether oxygens (including phenoxy) is 1. The van der Waals surface area contributed by atoms with Crippen molar-refractivity contribution in [1.29, 1.82) is 0 Å². The summed E-state index contributed by atoms with van der Waals surface area (Å²) in [5, 5.41) is 5.83. The molecule has 0 saturated heterocycles. The van der Waals surface area contributed by atoms with Crippen LogP contribution in [0.15, 0.2) is 42.5 Å². The van der Waals surface area contributed by atoms with Crippen LogP contribution in [0.25, 0.3) is 0 Å². The Morgan fingerprint density at radius 2 is 1.68 bits per heavy atom. The van der Waals surface area contributed by atoms with E-state index in [4.69, 9.17) is 16.3 Å². The number of anilines is 2. The predicted octanol–water partition coefficient (Wildman–Crippen LogP) is 3.56. The summed E-state index contributed by atoms with van der Waals surface area (Å²) in [6, 6.07) is 11.7. The summed E-state index contributed by atoms with van der Waals surface area (Å²) in [5.74, 6) is -0.182. The lowest BCUT2D eigenvalue weighted by molar-refractivity contribution is -0.114. The molecule has 2 amide bonds. The van der Waals surface area contributed by atoms with E-state index in [1.54, 1.807) is 36.4 Å². The van der Waals surface area contributed by atoms with Crippen LogP contribution in [0.2, 0.25) is 5.02 Å². The van der Waals surface area contributed by atoms with Crippen molar-refractivity contribution in [2.24, 2.45) is 0 Å². The highest BCUT2D eigenvalue weighted by atomic mass is 35.5. The minimum atomic E-state index is -0.378. The van der Waals surface area contributed by atoms with E-state index in [0.29, 0.717) is 27.7 Å². The smallest absolute Gasteiger partial charge is 0.259 e. The number of carbonyl (C=O) groups is 2. The molecule has 0 fully saturated rings. The Kier molecular flexibility index (Phi) is 5.01. The lowest BCUT2D eigenvalue weighted by Crippen LogP contribution is -2.16. The minimum Gasteiger partial charge on any atom is -0.496 e. The molecule has 0 spiro atoms. The van der Waals surface area contributed by atoms with E-state index in [1.807, 2.05) is 0 Å².